The molecule has 4 rings (SSSR count). The molecule has 1 aromatic carbocycles. The van der Waals surface area contributed by atoms with E-state index >= 15 is 0 Å². The molecule has 1 aliphatic heterocycles. The van der Waals surface area contributed by atoms with E-state index in [9.17, 15) is 4.79 Å². The monoisotopic (exact) mass is 269 g/mol. The lowest BCUT2D eigenvalue weighted by Crippen LogP contribution is -2.61. The van der Waals surface area contributed by atoms with Crippen molar-refractivity contribution >= 4 is 16.8 Å². The van der Waals surface area contributed by atoms with E-state index in [1.54, 1.807) is 0 Å². The zero-order valence-corrected chi connectivity index (χ0v) is 11.4. The second kappa shape index (κ2) is 4.63. The molecule has 4 heteroatoms. The van der Waals surface area contributed by atoms with Gasteiger partial charge in [-0.05, 0) is 18.9 Å². The Hall–Kier alpha value is -1.81. The van der Waals surface area contributed by atoms with Gasteiger partial charge in [0.1, 0.15) is 6.04 Å². The van der Waals surface area contributed by atoms with Crippen LogP contribution in [-0.2, 0) is 4.79 Å². The van der Waals surface area contributed by atoms with Gasteiger partial charge in [0.25, 0.3) is 0 Å². The molecule has 0 unspecified atom stereocenters. The molecule has 1 aliphatic carbocycles. The molecule has 104 valence electrons. The number of aromatic nitrogens is 1. The second-order valence-corrected chi connectivity index (χ2v) is 5.90. The number of H-pyrrole nitrogens is 1. The number of benzene rings is 1. The Morgan fingerprint density at radius 3 is 2.75 bits per heavy atom. The van der Waals surface area contributed by atoms with E-state index in [4.69, 9.17) is 0 Å². The molecule has 3 atom stereocenters. The van der Waals surface area contributed by atoms with Crippen LogP contribution in [-0.4, -0.2) is 23.0 Å². The fourth-order valence-electron chi connectivity index (χ4n) is 3.62. The Balaban J connectivity index is 1.69. The summed E-state index contributed by atoms with van der Waals surface area (Å²) in [6, 6.07) is 8.65. The number of aromatic amines is 1. The molecule has 2 aliphatic rings. The lowest BCUT2D eigenvalue weighted by Gasteiger charge is -2.40. The Morgan fingerprint density at radius 2 is 1.85 bits per heavy atom. The Kier molecular flexibility index (Phi) is 2.77. The minimum Gasteiger partial charge on any atom is -0.361 e. The summed E-state index contributed by atoms with van der Waals surface area (Å²) >= 11 is 0. The first-order chi connectivity index (χ1) is 9.83. The molecule has 1 amide bonds. The van der Waals surface area contributed by atoms with E-state index in [0.29, 0.717) is 12.1 Å². The van der Waals surface area contributed by atoms with Gasteiger partial charge in [0.05, 0.1) is 0 Å². The van der Waals surface area contributed by atoms with E-state index in [1.807, 2.05) is 24.4 Å². The first-order valence-electron chi connectivity index (χ1n) is 7.45. The van der Waals surface area contributed by atoms with Gasteiger partial charge in [-0.1, -0.05) is 31.0 Å². The number of rotatable bonds is 1. The van der Waals surface area contributed by atoms with Crippen LogP contribution < -0.4 is 10.6 Å². The van der Waals surface area contributed by atoms with Crippen molar-refractivity contribution < 1.29 is 4.79 Å². The zero-order chi connectivity index (χ0) is 13.5. The molecule has 0 bridgehead atoms. The molecule has 2 fully saturated rings. The first-order valence-corrected chi connectivity index (χ1v) is 7.45. The number of hydrogen-bond donors (Lipinski definition) is 3. The van der Waals surface area contributed by atoms with Crippen molar-refractivity contribution in [2.45, 2.75) is 43.8 Å². The highest BCUT2D eigenvalue weighted by Gasteiger charge is 2.37. The van der Waals surface area contributed by atoms with Gasteiger partial charge in [-0.3, -0.25) is 10.1 Å². The number of hydrogen-bond acceptors (Lipinski definition) is 2. The summed E-state index contributed by atoms with van der Waals surface area (Å²) in [5.41, 5.74) is 2.14. The summed E-state index contributed by atoms with van der Waals surface area (Å²) in [6.07, 6.45) is 6.70. The minimum absolute atomic E-state index is 0.109. The smallest absolute Gasteiger partial charge is 0.242 e. The summed E-state index contributed by atoms with van der Waals surface area (Å²) in [6.45, 7) is 0. The molecule has 1 saturated carbocycles. The van der Waals surface area contributed by atoms with Crippen molar-refractivity contribution in [2.75, 3.05) is 0 Å². The molecular weight excluding hydrogens is 250 g/mol. The van der Waals surface area contributed by atoms with Crippen LogP contribution in [0.5, 0.6) is 0 Å². The number of nitrogens with one attached hydrogen (secondary N) is 3. The lowest BCUT2D eigenvalue weighted by molar-refractivity contribution is -0.127. The maximum absolute atomic E-state index is 12.4. The van der Waals surface area contributed by atoms with E-state index in [0.717, 1.165) is 29.3 Å². The molecule has 2 aromatic rings. The molecule has 20 heavy (non-hydrogen) atoms. The highest BCUT2D eigenvalue weighted by atomic mass is 16.2. The zero-order valence-electron chi connectivity index (χ0n) is 11.4. The SMILES string of the molecule is O=C1N[C@@H]2CCCC[C@H]2N[C@@H]1c1c[nH]c2ccccc12. The second-order valence-electron chi connectivity index (χ2n) is 5.90. The van der Waals surface area contributed by atoms with Crippen molar-refractivity contribution in [1.82, 2.24) is 15.6 Å². The normalized spacial score (nSPS) is 30.0. The fourth-order valence-corrected chi connectivity index (χ4v) is 3.62. The Labute approximate surface area is 117 Å². The van der Waals surface area contributed by atoms with Gasteiger partial charge >= 0.3 is 0 Å². The number of piperazine rings is 1. The highest BCUT2D eigenvalue weighted by molar-refractivity contribution is 5.92. The molecule has 0 radical (unpaired) electrons. The third-order valence-corrected chi connectivity index (χ3v) is 4.67. The first kappa shape index (κ1) is 12.0. The van der Waals surface area contributed by atoms with Crippen molar-refractivity contribution in [2.24, 2.45) is 0 Å². The highest BCUT2D eigenvalue weighted by Crippen LogP contribution is 2.30. The minimum atomic E-state index is -0.231. The molecule has 3 N–H and O–H groups in total. The summed E-state index contributed by atoms with van der Waals surface area (Å²) in [7, 11) is 0. The standard InChI is InChI=1S/C16H19N3O/c20-16-15(18-13-7-3-4-8-14(13)19-16)11-9-17-12-6-2-1-5-10(11)12/h1-2,5-6,9,13-15,17-18H,3-4,7-8H2,(H,19,20)/t13-,14-,15-/m1/s1. The van der Waals surface area contributed by atoms with Gasteiger partial charge in [-0.25, -0.2) is 0 Å². The Bertz CT molecular complexity index is 648. The lowest BCUT2D eigenvalue weighted by atomic mass is 9.86. The Morgan fingerprint density at radius 1 is 1.05 bits per heavy atom. The summed E-state index contributed by atoms with van der Waals surface area (Å²) < 4.78 is 0. The van der Waals surface area contributed by atoms with Gasteiger partial charge in [0.2, 0.25) is 5.91 Å². The van der Waals surface area contributed by atoms with Gasteiger partial charge in [0, 0.05) is 34.7 Å². The van der Waals surface area contributed by atoms with Crippen LogP contribution in [0.4, 0.5) is 0 Å². The number of amides is 1. The van der Waals surface area contributed by atoms with E-state index in [-0.39, 0.29) is 11.9 Å². The van der Waals surface area contributed by atoms with Crippen LogP contribution in [0.2, 0.25) is 0 Å². The predicted octanol–water partition coefficient (Wildman–Crippen LogP) is 2.24. The van der Waals surface area contributed by atoms with Crippen LogP contribution in [0.1, 0.15) is 37.3 Å². The van der Waals surface area contributed by atoms with Crippen LogP contribution >= 0.6 is 0 Å². The van der Waals surface area contributed by atoms with Crippen molar-refractivity contribution in [3.8, 4) is 0 Å². The average Bonchev–Trinajstić information content (AvgIpc) is 2.90. The number of fused-ring (bicyclic) bond motifs is 2. The topological polar surface area (TPSA) is 56.9 Å². The molecule has 4 nitrogen and oxygen atoms in total. The van der Waals surface area contributed by atoms with Crippen LogP contribution in [0, 0.1) is 0 Å². The number of carbonyl (C=O) groups excluding carboxylic acids is 1. The quantitative estimate of drug-likeness (QED) is 0.743. The van der Waals surface area contributed by atoms with Crippen molar-refractivity contribution in [3.63, 3.8) is 0 Å². The van der Waals surface area contributed by atoms with E-state index in [2.05, 4.69) is 21.7 Å². The van der Waals surface area contributed by atoms with Crippen molar-refractivity contribution in [3.05, 3.63) is 36.0 Å². The van der Waals surface area contributed by atoms with Gasteiger partial charge < -0.3 is 10.3 Å². The molecule has 1 aromatic heterocycles. The fraction of sp³-hybridized carbons (Fsp3) is 0.438. The van der Waals surface area contributed by atoms with E-state index < -0.39 is 0 Å². The molecule has 2 heterocycles. The molecule has 0 spiro atoms. The largest absolute Gasteiger partial charge is 0.361 e. The summed E-state index contributed by atoms with van der Waals surface area (Å²) in [5.74, 6) is 0.109. The van der Waals surface area contributed by atoms with Crippen LogP contribution in [0.25, 0.3) is 10.9 Å². The third kappa shape index (κ3) is 1.83. The third-order valence-electron chi connectivity index (χ3n) is 4.67. The van der Waals surface area contributed by atoms with Crippen molar-refractivity contribution in [1.29, 1.82) is 0 Å². The van der Waals surface area contributed by atoms with E-state index in [1.165, 1.54) is 12.8 Å². The number of carbonyl (C=O) groups is 1. The molecular formula is C16H19N3O. The summed E-state index contributed by atoms with van der Waals surface area (Å²) in [5, 5.41) is 7.91. The predicted molar refractivity (Wildman–Crippen MR) is 78.4 cm³/mol. The van der Waals surface area contributed by atoms with Gasteiger partial charge in [-0.15, -0.1) is 0 Å². The average molecular weight is 269 g/mol. The van der Waals surface area contributed by atoms with Crippen LogP contribution in [0.15, 0.2) is 30.5 Å². The summed E-state index contributed by atoms with van der Waals surface area (Å²) in [4.78, 5) is 15.7. The van der Waals surface area contributed by atoms with Gasteiger partial charge in [0.15, 0.2) is 0 Å². The molecule has 1 saturated heterocycles. The number of para-hydroxylation sites is 1. The maximum Gasteiger partial charge on any atom is 0.242 e. The maximum atomic E-state index is 12.4. The van der Waals surface area contributed by atoms with Gasteiger partial charge in [-0.2, -0.15) is 0 Å². The van der Waals surface area contributed by atoms with Crippen LogP contribution in [0.3, 0.4) is 0 Å².